The second-order valence-corrected chi connectivity index (χ2v) is 12.0. The number of hydrogen-bond donors (Lipinski definition) is 1. The Morgan fingerprint density at radius 2 is 1.72 bits per heavy atom. The van der Waals surface area contributed by atoms with Gasteiger partial charge < -0.3 is 30.1 Å². The Labute approximate surface area is 268 Å². The van der Waals surface area contributed by atoms with Crippen LogP contribution < -0.4 is 19.9 Å². The molecule has 2 N–H and O–H groups in total. The Morgan fingerprint density at radius 3 is 2.35 bits per heavy atom. The van der Waals surface area contributed by atoms with Crippen molar-refractivity contribution in [1.82, 2.24) is 4.90 Å². The quantitative estimate of drug-likeness (QED) is 0.117. The zero-order chi connectivity index (χ0) is 30.9. The van der Waals surface area contributed by atoms with Crippen LogP contribution in [-0.4, -0.2) is 50.3 Å². The molecule has 43 heavy (non-hydrogen) atoms. The van der Waals surface area contributed by atoms with Gasteiger partial charge in [-0.2, -0.15) is 4.73 Å². The van der Waals surface area contributed by atoms with Crippen molar-refractivity contribution in [2.75, 3.05) is 33.5 Å². The Balaban J connectivity index is 1.33. The molecule has 1 saturated carbocycles. The minimum Gasteiger partial charge on any atom is -0.618 e. The number of carbonyl (C=O) groups excluding carboxylic acids is 1. The summed E-state index contributed by atoms with van der Waals surface area (Å²) in [5.74, 6) is 0.723. The topological polar surface area (TPSA) is 101 Å². The largest absolute Gasteiger partial charge is 0.618 e. The van der Waals surface area contributed by atoms with Crippen LogP contribution in [-0.2, 0) is 28.9 Å². The lowest BCUT2D eigenvalue weighted by Gasteiger charge is -2.27. The number of aryl methyl sites for hydroxylation is 2. The van der Waals surface area contributed by atoms with Crippen molar-refractivity contribution in [3.05, 3.63) is 91.3 Å². The molecule has 8 nitrogen and oxygen atoms in total. The molecule has 3 aromatic rings. The fraction of sp³-hybridized carbons (Fsp3) is 0.438. The number of hydrogen-bond acceptors (Lipinski definition) is 6. The van der Waals surface area contributed by atoms with Crippen molar-refractivity contribution in [2.45, 2.75) is 51.6 Å². The Bertz CT molecular complexity index is 1360. The average Bonchev–Trinajstić information content (AvgIpc) is 3.81. The van der Waals surface area contributed by atoms with E-state index in [1.165, 1.54) is 6.20 Å². The molecule has 0 aliphatic heterocycles. The number of benzene rings is 2. The van der Waals surface area contributed by atoms with Crippen LogP contribution in [0.15, 0.2) is 48.7 Å². The third-order valence-corrected chi connectivity index (χ3v) is 8.24. The molecule has 0 radical (unpaired) electrons. The van der Waals surface area contributed by atoms with Crippen molar-refractivity contribution in [2.24, 2.45) is 11.7 Å². The number of nitrogens with zero attached hydrogens (tertiary/aromatic N) is 2. The number of aromatic nitrogens is 1. The van der Waals surface area contributed by atoms with Gasteiger partial charge >= 0.3 is 0 Å². The monoisotopic (exact) mass is 649 g/mol. The molecule has 0 unspecified atom stereocenters. The maximum Gasteiger partial charge on any atom is 0.227 e. The molecule has 232 valence electrons. The van der Waals surface area contributed by atoms with Gasteiger partial charge in [0.15, 0.2) is 17.6 Å². The van der Waals surface area contributed by atoms with Crippen LogP contribution in [0.25, 0.3) is 0 Å². The second kappa shape index (κ2) is 15.8. The molecule has 11 heteroatoms. The first-order valence-electron chi connectivity index (χ1n) is 14.4. The van der Waals surface area contributed by atoms with Crippen molar-refractivity contribution in [1.29, 1.82) is 0 Å². The number of rotatable bonds is 16. The summed E-state index contributed by atoms with van der Waals surface area (Å²) in [4.78, 5) is 15.6. The van der Waals surface area contributed by atoms with Crippen molar-refractivity contribution < 1.29 is 23.7 Å². The van der Waals surface area contributed by atoms with Gasteiger partial charge in [-0.25, -0.2) is 0 Å². The van der Waals surface area contributed by atoms with Crippen LogP contribution in [0.5, 0.6) is 11.5 Å². The number of carbonyl (C=O) groups is 1. The fourth-order valence-corrected chi connectivity index (χ4v) is 5.81. The van der Waals surface area contributed by atoms with E-state index in [1.807, 2.05) is 36.1 Å². The lowest BCUT2D eigenvalue weighted by Crippen LogP contribution is -2.41. The normalized spacial score (nSPS) is 13.5. The highest BCUT2D eigenvalue weighted by molar-refractivity contribution is 6.37. The third-order valence-electron chi connectivity index (χ3n) is 7.33. The molecule has 1 atom stereocenters. The van der Waals surface area contributed by atoms with E-state index in [9.17, 15) is 10.0 Å². The van der Waals surface area contributed by atoms with Crippen LogP contribution in [0.4, 0.5) is 0 Å². The molecule has 1 fully saturated rings. The van der Waals surface area contributed by atoms with Crippen LogP contribution in [0.1, 0.15) is 41.6 Å². The number of nitrogens with two attached hydrogens (primary N) is 1. The average molecular weight is 651 g/mol. The number of amides is 1. The van der Waals surface area contributed by atoms with E-state index in [4.69, 9.17) is 54.7 Å². The van der Waals surface area contributed by atoms with Crippen LogP contribution in [0.2, 0.25) is 15.1 Å². The summed E-state index contributed by atoms with van der Waals surface area (Å²) in [6.07, 6.45) is 5.03. The van der Waals surface area contributed by atoms with Gasteiger partial charge in [-0.3, -0.25) is 4.79 Å². The van der Waals surface area contributed by atoms with E-state index in [0.717, 1.165) is 40.7 Å². The molecular formula is C32H38Cl3N3O5. The van der Waals surface area contributed by atoms with E-state index in [-0.39, 0.29) is 25.1 Å². The highest BCUT2D eigenvalue weighted by Crippen LogP contribution is 2.34. The first-order valence-corrected chi connectivity index (χ1v) is 15.5. The molecule has 2 aromatic carbocycles. The Morgan fingerprint density at radius 1 is 1.05 bits per heavy atom. The standard InChI is InChI=1S/C32H38Cl3N3O5/c1-21-14-28(33)31(29(34)15-21)43-13-12-42-27-9-5-22(6-10-27)16-23(18-36)32(39)37(25-7-8-25)19-24-17-26(4-3-11-41-2)38(40)20-30(24)35/h5-6,9-10,14-15,17,20,23,25H,3-4,7-8,11-13,16,18-19,36H2,1-2H3/t23-/m1/s1. The highest BCUT2D eigenvalue weighted by atomic mass is 35.5. The van der Waals surface area contributed by atoms with Crippen LogP contribution in [0, 0.1) is 18.0 Å². The summed E-state index contributed by atoms with van der Waals surface area (Å²) in [5, 5.41) is 13.6. The second-order valence-electron chi connectivity index (χ2n) is 10.8. The summed E-state index contributed by atoms with van der Waals surface area (Å²) in [6, 6.07) is 13.2. The molecule has 1 aliphatic carbocycles. The first kappa shape index (κ1) is 33.1. The van der Waals surface area contributed by atoms with Gasteiger partial charge in [0, 0.05) is 50.9 Å². The predicted octanol–water partition coefficient (Wildman–Crippen LogP) is 5.93. The summed E-state index contributed by atoms with van der Waals surface area (Å²) in [7, 11) is 1.63. The minimum absolute atomic E-state index is 0.00763. The summed E-state index contributed by atoms with van der Waals surface area (Å²) in [6.45, 7) is 3.61. The molecule has 1 aromatic heterocycles. The van der Waals surface area contributed by atoms with E-state index in [0.29, 0.717) is 64.9 Å². The maximum absolute atomic E-state index is 13.7. The minimum atomic E-state index is -0.391. The number of ether oxygens (including phenoxy) is 3. The van der Waals surface area contributed by atoms with Crippen LogP contribution in [0.3, 0.4) is 0 Å². The smallest absolute Gasteiger partial charge is 0.227 e. The Hall–Kier alpha value is -2.75. The van der Waals surface area contributed by atoms with Gasteiger partial charge in [-0.1, -0.05) is 46.9 Å². The van der Waals surface area contributed by atoms with Gasteiger partial charge in [0.05, 0.1) is 16.0 Å². The SMILES string of the molecule is COCCCc1cc(CN(C(=O)[C@@H](CN)Cc2ccc(OCCOc3c(Cl)cc(C)cc3Cl)cc2)C2CC2)c(Cl)c[n+]1[O-]. The molecule has 0 spiro atoms. The molecule has 0 bridgehead atoms. The predicted molar refractivity (Wildman–Crippen MR) is 169 cm³/mol. The van der Waals surface area contributed by atoms with Gasteiger partial charge in [0.1, 0.15) is 24.0 Å². The number of pyridine rings is 1. The van der Waals surface area contributed by atoms with Crippen molar-refractivity contribution >= 4 is 40.7 Å². The summed E-state index contributed by atoms with van der Waals surface area (Å²) < 4.78 is 17.4. The molecule has 0 saturated heterocycles. The van der Waals surface area contributed by atoms with Gasteiger partial charge in [-0.05, 0) is 68.0 Å². The molecular weight excluding hydrogens is 613 g/mol. The maximum atomic E-state index is 13.7. The van der Waals surface area contributed by atoms with Crippen LogP contribution >= 0.6 is 34.8 Å². The lowest BCUT2D eigenvalue weighted by molar-refractivity contribution is -0.614. The molecule has 4 rings (SSSR count). The zero-order valence-electron chi connectivity index (χ0n) is 24.5. The Kier molecular flexibility index (Phi) is 12.2. The van der Waals surface area contributed by atoms with E-state index < -0.39 is 5.92 Å². The van der Waals surface area contributed by atoms with E-state index >= 15 is 0 Å². The summed E-state index contributed by atoms with van der Waals surface area (Å²) >= 11 is 18.9. The zero-order valence-corrected chi connectivity index (χ0v) is 26.8. The number of halogens is 3. The van der Waals surface area contributed by atoms with E-state index in [2.05, 4.69) is 0 Å². The van der Waals surface area contributed by atoms with E-state index in [1.54, 1.807) is 25.3 Å². The first-order chi connectivity index (χ1) is 20.7. The molecule has 1 amide bonds. The summed E-state index contributed by atoms with van der Waals surface area (Å²) in [5.41, 5.74) is 9.41. The van der Waals surface area contributed by atoms with Gasteiger partial charge in [-0.15, -0.1) is 0 Å². The lowest BCUT2D eigenvalue weighted by atomic mass is 9.97. The molecule has 1 heterocycles. The van der Waals surface area contributed by atoms with Crippen molar-refractivity contribution in [3.63, 3.8) is 0 Å². The highest BCUT2D eigenvalue weighted by Gasteiger charge is 2.36. The fourth-order valence-electron chi connectivity index (χ4n) is 4.90. The molecule has 1 aliphatic rings. The third kappa shape index (κ3) is 9.37. The number of methoxy groups -OCH3 is 1. The van der Waals surface area contributed by atoms with Gasteiger partial charge in [0.25, 0.3) is 0 Å². The van der Waals surface area contributed by atoms with Crippen molar-refractivity contribution in [3.8, 4) is 11.5 Å². The van der Waals surface area contributed by atoms with Gasteiger partial charge in [0.2, 0.25) is 5.91 Å².